The van der Waals surface area contributed by atoms with E-state index in [9.17, 15) is 19.5 Å². The van der Waals surface area contributed by atoms with Crippen molar-refractivity contribution in [1.82, 2.24) is 15.3 Å². The number of carbonyl (C=O) groups excluding carboxylic acids is 3. The first-order chi connectivity index (χ1) is 22.4. The van der Waals surface area contributed by atoms with Crippen molar-refractivity contribution >= 4 is 23.3 Å². The molecule has 12 nitrogen and oxygen atoms in total. The maximum Gasteiger partial charge on any atom is 0.270 e. The lowest BCUT2D eigenvalue weighted by atomic mass is 9.72. The highest BCUT2D eigenvalue weighted by Crippen LogP contribution is 2.59. The van der Waals surface area contributed by atoms with Crippen LogP contribution in [0.1, 0.15) is 79.0 Å². The van der Waals surface area contributed by atoms with E-state index in [4.69, 9.17) is 24.3 Å². The number of aliphatic hydroxyl groups excluding tert-OH is 1. The number of nitrogens with one attached hydrogen (secondary N) is 2. The van der Waals surface area contributed by atoms with Crippen LogP contribution >= 0.6 is 0 Å². The number of nitrogens with two attached hydrogens (primary N) is 1. The number of fused-ring (bicyclic) bond motifs is 4. The van der Waals surface area contributed by atoms with Gasteiger partial charge in [0.2, 0.25) is 17.7 Å². The van der Waals surface area contributed by atoms with Crippen molar-refractivity contribution in [2.45, 2.75) is 64.3 Å². The van der Waals surface area contributed by atoms with Crippen LogP contribution in [0, 0.1) is 23.6 Å². The van der Waals surface area contributed by atoms with Crippen LogP contribution in [0.4, 0.5) is 10.1 Å². The van der Waals surface area contributed by atoms with Crippen LogP contribution in [-0.4, -0.2) is 45.0 Å². The summed E-state index contributed by atoms with van der Waals surface area (Å²) in [5.41, 5.74) is 6.57. The molecule has 0 unspecified atom stereocenters. The molecule has 3 aliphatic heterocycles. The summed E-state index contributed by atoms with van der Waals surface area (Å²) in [4.78, 5) is 48.2. The van der Waals surface area contributed by atoms with E-state index < -0.39 is 53.1 Å². The van der Waals surface area contributed by atoms with Crippen LogP contribution in [0.2, 0.25) is 0 Å². The van der Waals surface area contributed by atoms with Crippen LogP contribution in [0.15, 0.2) is 51.5 Å². The van der Waals surface area contributed by atoms with Gasteiger partial charge in [-0.1, -0.05) is 39.8 Å². The number of halogens is 1. The number of ketones is 1. The highest BCUT2D eigenvalue weighted by molar-refractivity contribution is 5.91. The Kier molecular flexibility index (Phi) is 7.19. The maximum absolute atomic E-state index is 15.1. The lowest BCUT2D eigenvalue weighted by Gasteiger charge is -2.28. The van der Waals surface area contributed by atoms with Crippen molar-refractivity contribution in [3.63, 3.8) is 0 Å². The molecular formula is C34H34FN5O7. The molecule has 2 aromatic heterocycles. The molecule has 5 N–H and O–H groups in total. The van der Waals surface area contributed by atoms with Crippen molar-refractivity contribution in [1.29, 1.82) is 0 Å². The number of hydrogen-bond acceptors (Lipinski definition) is 10. The van der Waals surface area contributed by atoms with Crippen molar-refractivity contribution in [2.75, 3.05) is 5.32 Å². The summed E-state index contributed by atoms with van der Waals surface area (Å²) in [5, 5.41) is 16.9. The van der Waals surface area contributed by atoms with Crippen molar-refractivity contribution < 1.29 is 37.5 Å². The van der Waals surface area contributed by atoms with Crippen molar-refractivity contribution in [2.24, 2.45) is 23.5 Å². The Morgan fingerprint density at radius 2 is 1.89 bits per heavy atom. The van der Waals surface area contributed by atoms with E-state index in [1.165, 1.54) is 12.1 Å². The van der Waals surface area contributed by atoms with E-state index in [1.54, 1.807) is 26.0 Å². The number of anilines is 1. The smallest absolute Gasteiger partial charge is 0.270 e. The first kappa shape index (κ1) is 30.6. The van der Waals surface area contributed by atoms with Crippen LogP contribution < -0.4 is 21.1 Å². The zero-order valence-electron chi connectivity index (χ0n) is 26.2. The fraction of sp³-hybridized carbons (Fsp3) is 0.382. The molecule has 7 rings (SSSR count). The number of amides is 2. The van der Waals surface area contributed by atoms with Gasteiger partial charge in [0.05, 0.1) is 0 Å². The van der Waals surface area contributed by atoms with Crippen LogP contribution in [0.3, 0.4) is 0 Å². The Morgan fingerprint density at radius 1 is 1.11 bits per heavy atom. The van der Waals surface area contributed by atoms with Crippen LogP contribution in [-0.2, 0) is 21.4 Å². The van der Waals surface area contributed by atoms with Crippen molar-refractivity contribution in [3.05, 3.63) is 82.5 Å². The average molecular weight is 644 g/mol. The molecule has 5 heterocycles. The standard InChI is InChI=1S/C34H34FN5O7/c1-14(2)25-32-40-26(31-37-22(13-45-31)29(36)43)28(47-32)34-19-12-18(35)6-7-21(19)38-33(34)46-24-8-5-16(10-20(24)34)9-17(30(44)39-25)11-23(41)27(42)15(3)4/h5-8,10,12-15,17,25,27,33,38,42H,9,11H2,1-4H3,(H2,36,43)(H,39,44)/t17-,25+,27+,33-,34+/m1/s1. The Balaban J connectivity index is 1.50. The Hall–Kier alpha value is -5.04. The zero-order valence-corrected chi connectivity index (χ0v) is 26.2. The number of Topliss-reactive ketones (excluding diaryl/α,β-unsaturated/α-hetero) is 1. The summed E-state index contributed by atoms with van der Waals surface area (Å²) in [7, 11) is 0. The number of primary amides is 1. The molecule has 244 valence electrons. The van der Waals surface area contributed by atoms with Gasteiger partial charge >= 0.3 is 0 Å². The van der Waals surface area contributed by atoms with Gasteiger partial charge in [0.25, 0.3) is 5.91 Å². The van der Waals surface area contributed by atoms with Gasteiger partial charge in [-0.2, -0.15) is 0 Å². The fourth-order valence-corrected chi connectivity index (χ4v) is 6.81. The molecule has 2 amide bonds. The van der Waals surface area contributed by atoms with E-state index in [0.717, 1.165) is 6.26 Å². The normalized spacial score (nSPS) is 23.2. The average Bonchev–Trinajstić information content (AvgIpc) is 3.79. The van der Waals surface area contributed by atoms with Gasteiger partial charge in [-0.3, -0.25) is 14.4 Å². The molecule has 1 spiro atoms. The molecule has 4 bridgehead atoms. The second kappa shape index (κ2) is 11.0. The summed E-state index contributed by atoms with van der Waals surface area (Å²) >= 11 is 0. The third kappa shape index (κ3) is 4.79. The number of rotatable bonds is 7. The minimum absolute atomic E-state index is 0.0683. The molecule has 0 aliphatic carbocycles. The number of nitrogens with zero attached hydrogens (tertiary/aromatic N) is 2. The number of hydrogen-bond donors (Lipinski definition) is 4. The predicted octanol–water partition coefficient (Wildman–Crippen LogP) is 4.01. The maximum atomic E-state index is 15.1. The third-order valence-corrected chi connectivity index (χ3v) is 9.25. The van der Waals surface area contributed by atoms with E-state index in [1.807, 2.05) is 26.0 Å². The second-order valence-electron chi connectivity index (χ2n) is 13.1. The van der Waals surface area contributed by atoms with Gasteiger partial charge in [-0.05, 0) is 48.1 Å². The molecule has 3 aliphatic rings. The first-order valence-corrected chi connectivity index (χ1v) is 15.5. The molecule has 4 aromatic rings. The summed E-state index contributed by atoms with van der Waals surface area (Å²) in [6.07, 6.45) is -0.941. The zero-order chi connectivity index (χ0) is 33.4. The number of aromatic nitrogens is 2. The Morgan fingerprint density at radius 3 is 2.60 bits per heavy atom. The molecule has 2 aromatic carbocycles. The third-order valence-electron chi connectivity index (χ3n) is 9.25. The summed E-state index contributed by atoms with van der Waals surface area (Å²) in [6.45, 7) is 7.23. The summed E-state index contributed by atoms with van der Waals surface area (Å²) in [6, 6.07) is 9.02. The largest absolute Gasteiger partial charge is 0.469 e. The minimum atomic E-state index is -1.32. The number of benzene rings is 2. The molecule has 0 saturated heterocycles. The SMILES string of the molecule is CC(C)[C@H](O)C(=O)C[C@H]1Cc2ccc3c(c2)[C@@]2(c4cc(F)ccc4N[C@@H]2O3)c2oc(nc2-c2nc(C(N)=O)co2)[C@H](C(C)C)NC1=O. The van der Waals surface area contributed by atoms with Gasteiger partial charge in [-0.15, -0.1) is 0 Å². The van der Waals surface area contributed by atoms with E-state index in [0.29, 0.717) is 28.1 Å². The van der Waals surface area contributed by atoms with Crippen molar-refractivity contribution in [3.8, 4) is 17.3 Å². The minimum Gasteiger partial charge on any atom is -0.469 e. The van der Waals surface area contributed by atoms with E-state index in [2.05, 4.69) is 15.6 Å². The highest BCUT2D eigenvalue weighted by atomic mass is 19.1. The molecule has 0 radical (unpaired) electrons. The van der Waals surface area contributed by atoms with Gasteiger partial charge in [0.15, 0.2) is 29.2 Å². The molecular weight excluding hydrogens is 609 g/mol. The van der Waals surface area contributed by atoms with Gasteiger partial charge in [0.1, 0.15) is 35.4 Å². The number of aliphatic hydroxyl groups is 1. The summed E-state index contributed by atoms with van der Waals surface area (Å²) in [5.74, 6) is -2.83. The molecule has 13 heteroatoms. The molecule has 47 heavy (non-hydrogen) atoms. The second-order valence-corrected chi connectivity index (χ2v) is 13.1. The number of oxazole rings is 2. The van der Waals surface area contributed by atoms with Gasteiger partial charge < -0.3 is 35.0 Å². The van der Waals surface area contributed by atoms with Gasteiger partial charge in [-0.25, -0.2) is 14.4 Å². The van der Waals surface area contributed by atoms with Gasteiger partial charge in [0, 0.05) is 29.2 Å². The Bertz CT molecular complexity index is 1930. The fourth-order valence-electron chi connectivity index (χ4n) is 6.81. The lowest BCUT2D eigenvalue weighted by Crippen LogP contribution is -2.41. The van der Waals surface area contributed by atoms with E-state index >= 15 is 4.39 Å². The quantitative estimate of drug-likeness (QED) is 0.230. The monoisotopic (exact) mass is 643 g/mol. The highest BCUT2D eigenvalue weighted by Gasteiger charge is 2.61. The summed E-state index contributed by atoms with van der Waals surface area (Å²) < 4.78 is 33.9. The van der Waals surface area contributed by atoms with Crippen LogP contribution in [0.5, 0.6) is 5.75 Å². The topological polar surface area (TPSA) is 183 Å². The number of carbonyl (C=O) groups is 3. The molecule has 0 saturated carbocycles. The van der Waals surface area contributed by atoms with E-state index in [-0.39, 0.29) is 53.6 Å². The first-order valence-electron chi connectivity index (χ1n) is 15.5. The predicted molar refractivity (Wildman–Crippen MR) is 165 cm³/mol. The van der Waals surface area contributed by atoms with Crippen LogP contribution in [0.25, 0.3) is 11.6 Å². The molecule has 5 atom stereocenters. The number of ether oxygens (including phenoxy) is 1. The molecule has 0 fully saturated rings. The Labute approximate surface area is 268 Å². The lowest BCUT2D eigenvalue weighted by molar-refractivity contribution is -0.135.